The minimum Gasteiger partial charge on any atom is -0.352 e. The number of carbonyl (C=O) groups is 1. The number of rotatable bonds is 5. The number of hydrogen-bond acceptors (Lipinski definition) is 3. The summed E-state index contributed by atoms with van der Waals surface area (Å²) in [5.41, 5.74) is 1.37. The van der Waals surface area contributed by atoms with Gasteiger partial charge >= 0.3 is 0 Å². The van der Waals surface area contributed by atoms with E-state index < -0.39 is 0 Å². The van der Waals surface area contributed by atoms with Crippen LogP contribution in [0.3, 0.4) is 0 Å². The first-order valence-corrected chi connectivity index (χ1v) is 9.90. The highest BCUT2D eigenvalue weighted by Crippen LogP contribution is 2.28. The number of hydrogen-bond donors (Lipinski definition) is 1. The smallest absolute Gasteiger partial charge is 0.234 e. The maximum atomic E-state index is 12.5. The lowest BCUT2D eigenvalue weighted by Crippen LogP contribution is -2.52. The molecule has 2 unspecified atom stereocenters. The molecule has 4 nitrogen and oxygen atoms in total. The molecule has 138 valence electrons. The maximum Gasteiger partial charge on any atom is 0.234 e. The molecule has 1 aliphatic heterocycles. The molecule has 25 heavy (non-hydrogen) atoms. The Hall–Kier alpha value is -1.39. The van der Waals surface area contributed by atoms with Gasteiger partial charge in [0.1, 0.15) is 0 Å². The summed E-state index contributed by atoms with van der Waals surface area (Å²) in [6, 6.07) is 11.0. The van der Waals surface area contributed by atoms with E-state index in [0.29, 0.717) is 24.4 Å². The number of carbonyl (C=O) groups excluding carboxylic acids is 1. The number of piperazine rings is 1. The first-order chi connectivity index (χ1) is 12.1. The summed E-state index contributed by atoms with van der Waals surface area (Å²) in [6.45, 7) is 10.2. The van der Waals surface area contributed by atoms with Gasteiger partial charge < -0.3 is 5.32 Å². The molecule has 1 saturated heterocycles. The minimum atomic E-state index is 0.210. The van der Waals surface area contributed by atoms with Crippen molar-refractivity contribution < 1.29 is 4.79 Å². The molecule has 2 aliphatic rings. The van der Waals surface area contributed by atoms with Crippen LogP contribution in [0.4, 0.5) is 0 Å². The van der Waals surface area contributed by atoms with Crippen molar-refractivity contribution in [2.75, 3.05) is 32.7 Å². The van der Waals surface area contributed by atoms with Crippen molar-refractivity contribution in [3.05, 3.63) is 35.9 Å². The Morgan fingerprint density at radius 1 is 1.00 bits per heavy atom. The highest BCUT2D eigenvalue weighted by molar-refractivity contribution is 5.78. The largest absolute Gasteiger partial charge is 0.352 e. The normalized spacial score (nSPS) is 28.6. The average molecular weight is 344 g/mol. The molecule has 4 heteroatoms. The summed E-state index contributed by atoms with van der Waals surface area (Å²) in [4.78, 5) is 17.3. The van der Waals surface area contributed by atoms with Gasteiger partial charge in [0.05, 0.1) is 6.54 Å². The second-order valence-electron chi connectivity index (χ2n) is 8.02. The van der Waals surface area contributed by atoms with Crippen molar-refractivity contribution in [3.8, 4) is 0 Å². The van der Waals surface area contributed by atoms with E-state index in [0.717, 1.165) is 32.7 Å². The molecule has 1 aromatic carbocycles. The molecular weight excluding hydrogens is 310 g/mol. The van der Waals surface area contributed by atoms with Gasteiger partial charge in [-0.1, -0.05) is 50.6 Å². The molecule has 0 bridgehead atoms. The van der Waals surface area contributed by atoms with Gasteiger partial charge in [-0.05, 0) is 30.2 Å². The average Bonchev–Trinajstić information content (AvgIpc) is 2.61. The van der Waals surface area contributed by atoms with Crippen molar-refractivity contribution in [1.82, 2.24) is 15.1 Å². The van der Waals surface area contributed by atoms with Crippen LogP contribution in [-0.4, -0.2) is 54.5 Å². The van der Waals surface area contributed by atoms with Crippen molar-refractivity contribution in [3.63, 3.8) is 0 Å². The van der Waals surface area contributed by atoms with Gasteiger partial charge in [0.2, 0.25) is 5.91 Å². The number of amides is 1. The van der Waals surface area contributed by atoms with Gasteiger partial charge in [0.25, 0.3) is 0 Å². The van der Waals surface area contributed by atoms with Crippen LogP contribution < -0.4 is 5.32 Å². The topological polar surface area (TPSA) is 35.6 Å². The van der Waals surface area contributed by atoms with Gasteiger partial charge in [-0.3, -0.25) is 14.6 Å². The van der Waals surface area contributed by atoms with Crippen LogP contribution in [-0.2, 0) is 11.3 Å². The summed E-state index contributed by atoms with van der Waals surface area (Å²) in [5, 5.41) is 3.32. The zero-order chi connectivity index (χ0) is 17.6. The third kappa shape index (κ3) is 5.29. The zero-order valence-corrected chi connectivity index (χ0v) is 15.8. The van der Waals surface area contributed by atoms with E-state index in [9.17, 15) is 4.79 Å². The lowest BCUT2D eigenvalue weighted by Gasteiger charge is -2.37. The Balaban J connectivity index is 1.40. The van der Waals surface area contributed by atoms with E-state index in [4.69, 9.17) is 0 Å². The summed E-state index contributed by atoms with van der Waals surface area (Å²) in [6.07, 6.45) is 3.79. The van der Waals surface area contributed by atoms with Gasteiger partial charge in [-0.2, -0.15) is 0 Å². The Kier molecular flexibility index (Phi) is 6.49. The lowest BCUT2D eigenvalue weighted by molar-refractivity contribution is -0.124. The second kappa shape index (κ2) is 8.81. The predicted octanol–water partition coefficient (Wildman–Crippen LogP) is 2.75. The third-order valence-corrected chi connectivity index (χ3v) is 5.95. The molecular formula is C21H33N3O. The van der Waals surface area contributed by atoms with Crippen molar-refractivity contribution in [2.24, 2.45) is 11.8 Å². The fraction of sp³-hybridized carbons (Fsp3) is 0.667. The summed E-state index contributed by atoms with van der Waals surface area (Å²) in [7, 11) is 0. The highest BCUT2D eigenvalue weighted by Gasteiger charge is 2.29. The fourth-order valence-electron chi connectivity index (χ4n) is 4.35. The minimum absolute atomic E-state index is 0.210. The molecule has 2 fully saturated rings. The van der Waals surface area contributed by atoms with E-state index >= 15 is 0 Å². The monoisotopic (exact) mass is 343 g/mol. The van der Waals surface area contributed by atoms with Crippen molar-refractivity contribution >= 4 is 5.91 Å². The quantitative estimate of drug-likeness (QED) is 0.893. The lowest BCUT2D eigenvalue weighted by atomic mass is 9.79. The van der Waals surface area contributed by atoms with Gasteiger partial charge in [-0.25, -0.2) is 0 Å². The van der Waals surface area contributed by atoms with Gasteiger partial charge in [0.15, 0.2) is 0 Å². The van der Waals surface area contributed by atoms with Crippen LogP contribution in [0.15, 0.2) is 30.3 Å². The Morgan fingerprint density at radius 3 is 2.24 bits per heavy atom. The van der Waals surface area contributed by atoms with Crippen LogP contribution in [0.1, 0.15) is 38.7 Å². The standard InChI is InChI=1S/C21H33N3O/c1-17-7-6-8-18(2)21(17)22-20(25)16-24-13-11-23(12-14-24)15-19-9-4-3-5-10-19/h3-5,9-10,17-18,21H,6-8,11-16H2,1-2H3,(H,22,25). The van der Waals surface area contributed by atoms with E-state index in [2.05, 4.69) is 59.3 Å². The van der Waals surface area contributed by atoms with E-state index in [1.165, 1.54) is 24.8 Å². The Labute approximate surface area is 152 Å². The third-order valence-electron chi connectivity index (χ3n) is 5.95. The van der Waals surface area contributed by atoms with E-state index in [-0.39, 0.29) is 5.91 Å². The highest BCUT2D eigenvalue weighted by atomic mass is 16.2. The van der Waals surface area contributed by atoms with Crippen LogP contribution in [0.5, 0.6) is 0 Å². The Bertz CT molecular complexity index is 529. The second-order valence-corrected chi connectivity index (χ2v) is 8.02. The van der Waals surface area contributed by atoms with Crippen molar-refractivity contribution in [1.29, 1.82) is 0 Å². The molecule has 0 aromatic heterocycles. The van der Waals surface area contributed by atoms with E-state index in [1.54, 1.807) is 0 Å². The molecule has 0 radical (unpaired) electrons. The number of nitrogens with zero attached hydrogens (tertiary/aromatic N) is 2. The summed E-state index contributed by atoms with van der Waals surface area (Å²) < 4.78 is 0. The predicted molar refractivity (Wildman–Crippen MR) is 102 cm³/mol. The maximum absolute atomic E-state index is 12.5. The van der Waals surface area contributed by atoms with Crippen molar-refractivity contribution in [2.45, 2.75) is 45.7 Å². The van der Waals surface area contributed by atoms with Crippen LogP contribution in [0.2, 0.25) is 0 Å². The zero-order valence-electron chi connectivity index (χ0n) is 15.8. The fourth-order valence-corrected chi connectivity index (χ4v) is 4.35. The first-order valence-electron chi connectivity index (χ1n) is 9.90. The number of nitrogens with one attached hydrogen (secondary N) is 1. The summed E-state index contributed by atoms with van der Waals surface area (Å²) >= 11 is 0. The molecule has 1 heterocycles. The molecule has 3 rings (SSSR count). The van der Waals surface area contributed by atoms with E-state index in [1.807, 2.05) is 0 Å². The molecule has 1 aromatic rings. The molecule has 1 aliphatic carbocycles. The molecule has 0 spiro atoms. The van der Waals surface area contributed by atoms with Crippen LogP contribution >= 0.6 is 0 Å². The van der Waals surface area contributed by atoms with Gasteiger partial charge in [0, 0.05) is 38.8 Å². The van der Waals surface area contributed by atoms with Crippen LogP contribution in [0, 0.1) is 11.8 Å². The van der Waals surface area contributed by atoms with Crippen LogP contribution in [0.25, 0.3) is 0 Å². The molecule has 1 amide bonds. The molecule has 1 N–H and O–H groups in total. The first kappa shape index (κ1) is 18.4. The molecule has 2 atom stereocenters. The van der Waals surface area contributed by atoms with Gasteiger partial charge in [-0.15, -0.1) is 0 Å². The SMILES string of the molecule is CC1CCCC(C)C1NC(=O)CN1CCN(Cc2ccccc2)CC1. The number of benzene rings is 1. The summed E-state index contributed by atoms with van der Waals surface area (Å²) in [5.74, 6) is 1.42. The Morgan fingerprint density at radius 2 is 1.60 bits per heavy atom. The molecule has 1 saturated carbocycles.